The third kappa shape index (κ3) is 13.4. The number of nitrogens with one attached hydrogen (secondary N) is 3. The number of aliphatic hydroxyl groups is 1. The molecule has 226 valence electrons. The van der Waals surface area contributed by atoms with E-state index in [1.165, 1.54) is 32.1 Å². The highest BCUT2D eigenvalue weighted by Gasteiger charge is 2.29. The second-order valence-corrected chi connectivity index (χ2v) is 13.9. The number of aliphatic hydroxyl groups excluding tert-OH is 1. The minimum atomic E-state index is -0.928. The summed E-state index contributed by atoms with van der Waals surface area (Å²) >= 11 is 1.67. The van der Waals surface area contributed by atoms with Crippen LogP contribution >= 0.6 is 11.8 Å². The number of alkyl carbamates (subject to hydrolysis) is 1. The molecule has 3 amide bonds. The second-order valence-electron chi connectivity index (χ2n) is 12.3. The Morgan fingerprint density at radius 1 is 0.975 bits per heavy atom. The van der Waals surface area contributed by atoms with Gasteiger partial charge in [-0.15, -0.1) is 0 Å². The fourth-order valence-corrected chi connectivity index (χ4v) is 5.67. The van der Waals surface area contributed by atoms with Crippen LogP contribution in [0.15, 0.2) is 30.3 Å². The van der Waals surface area contributed by atoms with Crippen LogP contribution in [0.5, 0.6) is 0 Å². The monoisotopic (exact) mass is 577 g/mol. The number of rotatable bonds is 14. The summed E-state index contributed by atoms with van der Waals surface area (Å²) in [6, 6.07) is 7.19. The Bertz CT molecular complexity index is 915. The number of thioether (sulfide) groups is 1. The summed E-state index contributed by atoms with van der Waals surface area (Å²) in [6.07, 6.45) is 6.73. The van der Waals surface area contributed by atoms with E-state index in [0.29, 0.717) is 23.3 Å². The first kappa shape index (κ1) is 33.9. The first-order valence-corrected chi connectivity index (χ1v) is 15.8. The minimum absolute atomic E-state index is 0.245. The van der Waals surface area contributed by atoms with Crippen LogP contribution in [-0.2, 0) is 20.7 Å². The van der Waals surface area contributed by atoms with Crippen molar-refractivity contribution in [2.45, 2.75) is 128 Å². The molecular weight excluding hydrogens is 526 g/mol. The third-order valence-corrected chi connectivity index (χ3v) is 8.25. The van der Waals surface area contributed by atoms with Crippen LogP contribution in [0.3, 0.4) is 0 Å². The van der Waals surface area contributed by atoms with Crippen molar-refractivity contribution < 1.29 is 24.2 Å². The summed E-state index contributed by atoms with van der Waals surface area (Å²) in [6.45, 7) is 11.1. The lowest BCUT2D eigenvalue weighted by Crippen LogP contribution is -2.56. The van der Waals surface area contributed by atoms with Crippen LogP contribution < -0.4 is 16.0 Å². The molecule has 1 aromatic rings. The molecule has 2 rings (SSSR count). The Labute approximate surface area is 245 Å². The zero-order valence-electron chi connectivity index (χ0n) is 25.2. The molecule has 0 aliphatic heterocycles. The highest BCUT2D eigenvalue weighted by Crippen LogP contribution is 2.28. The van der Waals surface area contributed by atoms with Crippen molar-refractivity contribution >= 4 is 29.7 Å². The van der Waals surface area contributed by atoms with E-state index in [1.807, 2.05) is 30.3 Å². The highest BCUT2D eigenvalue weighted by atomic mass is 32.2. The van der Waals surface area contributed by atoms with Gasteiger partial charge in [-0.25, -0.2) is 4.79 Å². The SMILES string of the molecule is CC(C)SC[C@H](O)[C@H](CCC1CCCCC1)NC(=O)[C@H](C)NC(=O)[C@H](Cc1ccccc1)NC(=O)OC(C)(C)C. The fourth-order valence-electron chi connectivity index (χ4n) is 4.86. The van der Waals surface area contributed by atoms with Crippen molar-refractivity contribution in [3.8, 4) is 0 Å². The number of amides is 3. The van der Waals surface area contributed by atoms with Gasteiger partial charge in [0.05, 0.1) is 12.1 Å². The molecule has 4 N–H and O–H groups in total. The molecule has 0 unspecified atom stereocenters. The molecular formula is C31H51N3O5S. The average Bonchev–Trinajstić information content (AvgIpc) is 2.89. The van der Waals surface area contributed by atoms with Crippen LogP contribution in [0, 0.1) is 5.92 Å². The van der Waals surface area contributed by atoms with Gasteiger partial charge in [-0.2, -0.15) is 11.8 Å². The molecule has 0 bridgehead atoms. The zero-order chi connectivity index (χ0) is 29.7. The molecule has 8 nitrogen and oxygen atoms in total. The zero-order valence-corrected chi connectivity index (χ0v) is 26.0. The molecule has 1 saturated carbocycles. The van der Waals surface area contributed by atoms with E-state index in [4.69, 9.17) is 4.74 Å². The summed E-state index contributed by atoms with van der Waals surface area (Å²) in [7, 11) is 0. The average molecular weight is 578 g/mol. The lowest BCUT2D eigenvalue weighted by molar-refractivity contribution is -0.130. The molecule has 1 aliphatic rings. The van der Waals surface area contributed by atoms with Crippen LogP contribution in [0.2, 0.25) is 0 Å². The molecule has 9 heteroatoms. The van der Waals surface area contributed by atoms with Crippen molar-refractivity contribution in [3.05, 3.63) is 35.9 Å². The van der Waals surface area contributed by atoms with Gasteiger partial charge >= 0.3 is 6.09 Å². The lowest BCUT2D eigenvalue weighted by atomic mass is 9.84. The summed E-state index contributed by atoms with van der Waals surface area (Å²) in [4.78, 5) is 39.0. The summed E-state index contributed by atoms with van der Waals surface area (Å²) in [5, 5.41) is 19.8. The predicted octanol–water partition coefficient (Wildman–Crippen LogP) is 4.97. The third-order valence-electron chi connectivity index (χ3n) is 7.05. The number of ether oxygens (including phenoxy) is 1. The van der Waals surface area contributed by atoms with Gasteiger partial charge in [0.1, 0.15) is 17.7 Å². The maximum absolute atomic E-state index is 13.3. The van der Waals surface area contributed by atoms with E-state index in [2.05, 4.69) is 29.8 Å². The van der Waals surface area contributed by atoms with E-state index < -0.39 is 35.8 Å². The van der Waals surface area contributed by atoms with Gasteiger partial charge in [0.2, 0.25) is 11.8 Å². The van der Waals surface area contributed by atoms with E-state index in [-0.39, 0.29) is 18.4 Å². The molecule has 1 aromatic carbocycles. The Balaban J connectivity index is 2.05. The normalized spacial score (nSPS) is 17.4. The van der Waals surface area contributed by atoms with Crippen molar-refractivity contribution in [1.82, 2.24) is 16.0 Å². The summed E-state index contributed by atoms with van der Waals surface area (Å²) < 4.78 is 5.36. The molecule has 0 radical (unpaired) electrons. The molecule has 0 heterocycles. The van der Waals surface area contributed by atoms with Gasteiger partial charge in [-0.05, 0) is 57.3 Å². The molecule has 40 heavy (non-hydrogen) atoms. The largest absolute Gasteiger partial charge is 0.444 e. The van der Waals surface area contributed by atoms with Gasteiger partial charge < -0.3 is 25.8 Å². The lowest BCUT2D eigenvalue weighted by Gasteiger charge is -2.29. The van der Waals surface area contributed by atoms with Crippen LogP contribution in [0.1, 0.15) is 92.1 Å². The quantitative estimate of drug-likeness (QED) is 0.248. The summed E-state index contributed by atoms with van der Waals surface area (Å²) in [5.41, 5.74) is 0.149. The van der Waals surface area contributed by atoms with Gasteiger partial charge in [0, 0.05) is 12.2 Å². The topological polar surface area (TPSA) is 117 Å². The number of hydrogen-bond donors (Lipinski definition) is 4. The van der Waals surface area contributed by atoms with Crippen LogP contribution in [0.25, 0.3) is 0 Å². The number of benzene rings is 1. The minimum Gasteiger partial charge on any atom is -0.444 e. The van der Waals surface area contributed by atoms with Crippen molar-refractivity contribution in [3.63, 3.8) is 0 Å². The number of carbonyl (C=O) groups excluding carboxylic acids is 3. The maximum atomic E-state index is 13.3. The smallest absolute Gasteiger partial charge is 0.408 e. The Morgan fingerprint density at radius 2 is 1.62 bits per heavy atom. The Hall–Kier alpha value is -2.26. The van der Waals surface area contributed by atoms with Crippen LogP contribution in [0.4, 0.5) is 4.79 Å². The molecule has 1 fully saturated rings. The van der Waals surface area contributed by atoms with Gasteiger partial charge in [-0.1, -0.05) is 76.3 Å². The first-order valence-electron chi connectivity index (χ1n) is 14.8. The molecule has 1 aliphatic carbocycles. The van der Waals surface area contributed by atoms with Gasteiger partial charge in [-0.3, -0.25) is 9.59 Å². The van der Waals surface area contributed by atoms with Crippen molar-refractivity contribution in [2.75, 3.05) is 5.75 Å². The van der Waals surface area contributed by atoms with E-state index in [0.717, 1.165) is 12.0 Å². The molecule has 0 aromatic heterocycles. The summed E-state index contributed by atoms with van der Waals surface area (Å²) in [5.74, 6) is 0.332. The van der Waals surface area contributed by atoms with E-state index >= 15 is 0 Å². The van der Waals surface area contributed by atoms with E-state index in [1.54, 1.807) is 39.5 Å². The van der Waals surface area contributed by atoms with Crippen LogP contribution in [-0.4, -0.2) is 63.8 Å². The number of hydrogen-bond acceptors (Lipinski definition) is 6. The predicted molar refractivity (Wildman–Crippen MR) is 162 cm³/mol. The molecule has 4 atom stereocenters. The fraction of sp³-hybridized carbons (Fsp3) is 0.710. The Kier molecular flexibility index (Phi) is 14.3. The first-order chi connectivity index (χ1) is 18.8. The standard InChI is InChI=1S/C31H51N3O5S/c1-21(2)40-20-27(35)25(18-17-23-13-9-7-10-14-23)33-28(36)22(3)32-29(37)26(19-24-15-11-8-12-16-24)34-30(38)39-31(4,5)6/h8,11-12,15-16,21-23,25-27,35H,7,9-10,13-14,17-20H2,1-6H3,(H,32,37)(H,33,36)(H,34,38)/t22-,25-,26-,27-/m0/s1. The molecule has 0 spiro atoms. The second kappa shape index (κ2) is 16.9. The van der Waals surface area contributed by atoms with Crippen molar-refractivity contribution in [1.29, 1.82) is 0 Å². The van der Waals surface area contributed by atoms with Crippen molar-refractivity contribution in [2.24, 2.45) is 5.92 Å². The van der Waals surface area contributed by atoms with E-state index in [9.17, 15) is 19.5 Å². The number of carbonyl (C=O) groups is 3. The highest BCUT2D eigenvalue weighted by molar-refractivity contribution is 7.99. The van der Waals surface area contributed by atoms with Gasteiger partial charge in [0.15, 0.2) is 0 Å². The van der Waals surface area contributed by atoms with Gasteiger partial charge in [0.25, 0.3) is 0 Å². The Morgan fingerprint density at radius 3 is 2.23 bits per heavy atom. The maximum Gasteiger partial charge on any atom is 0.408 e. The molecule has 0 saturated heterocycles.